The fraction of sp³-hybridized carbons (Fsp3) is 0.556. The zero-order valence-electron chi connectivity index (χ0n) is 7.62. The molecule has 13 heavy (non-hydrogen) atoms. The van der Waals surface area contributed by atoms with Gasteiger partial charge in [0, 0.05) is 19.6 Å². The predicted molar refractivity (Wildman–Crippen MR) is 47.8 cm³/mol. The molecule has 4 heteroatoms. The van der Waals surface area contributed by atoms with Gasteiger partial charge in [-0.2, -0.15) is 10.4 Å². The summed E-state index contributed by atoms with van der Waals surface area (Å²) in [7, 11) is 1.79. The predicted octanol–water partition coefficient (Wildman–Crippen LogP) is 0.544. The third-order valence-corrected chi connectivity index (χ3v) is 2.19. The van der Waals surface area contributed by atoms with Crippen LogP contribution in [0.5, 0.6) is 0 Å². The summed E-state index contributed by atoms with van der Waals surface area (Å²) < 4.78 is 1.61. The van der Waals surface area contributed by atoms with Crippen molar-refractivity contribution >= 4 is 0 Å². The van der Waals surface area contributed by atoms with Gasteiger partial charge in [0.2, 0.25) is 0 Å². The van der Waals surface area contributed by atoms with E-state index in [0.29, 0.717) is 11.7 Å². The molecule has 0 aromatic carbocycles. The molecule has 1 N–H and O–H groups in total. The maximum absolute atomic E-state index is 8.69. The minimum atomic E-state index is 0.618. The molecule has 1 aromatic heterocycles. The van der Waals surface area contributed by atoms with Crippen molar-refractivity contribution in [1.29, 1.82) is 5.26 Å². The molecule has 0 atom stereocenters. The maximum atomic E-state index is 8.69. The van der Waals surface area contributed by atoms with Crippen LogP contribution >= 0.6 is 0 Å². The van der Waals surface area contributed by atoms with Crippen LogP contribution in [-0.2, 0) is 13.6 Å². The van der Waals surface area contributed by atoms with Crippen LogP contribution in [0, 0.1) is 11.3 Å². The maximum Gasteiger partial charge on any atom is 0.138 e. The lowest BCUT2D eigenvalue weighted by atomic mass is 10.3. The molecular weight excluding hydrogens is 164 g/mol. The Morgan fingerprint density at radius 3 is 3.08 bits per heavy atom. The number of aromatic nitrogens is 2. The van der Waals surface area contributed by atoms with Gasteiger partial charge in [0.1, 0.15) is 11.8 Å². The van der Waals surface area contributed by atoms with Crippen LogP contribution in [0.15, 0.2) is 6.07 Å². The van der Waals surface area contributed by atoms with Gasteiger partial charge in [-0.3, -0.25) is 4.68 Å². The van der Waals surface area contributed by atoms with Crippen LogP contribution in [0.2, 0.25) is 0 Å². The monoisotopic (exact) mass is 176 g/mol. The zero-order chi connectivity index (χ0) is 9.26. The van der Waals surface area contributed by atoms with E-state index in [2.05, 4.69) is 16.5 Å². The van der Waals surface area contributed by atoms with Gasteiger partial charge in [0.15, 0.2) is 0 Å². The van der Waals surface area contributed by atoms with Crippen molar-refractivity contribution in [2.24, 2.45) is 7.05 Å². The second-order valence-electron chi connectivity index (χ2n) is 3.41. The van der Waals surface area contributed by atoms with Crippen LogP contribution in [0.1, 0.15) is 24.2 Å². The standard InChI is InChI=1S/C9H12N4/c1-13-9(5-10)4-8(12-13)6-11-7-2-3-7/h4,7,11H,2-3,6H2,1H3. The van der Waals surface area contributed by atoms with E-state index in [-0.39, 0.29) is 0 Å². The number of hydrogen-bond donors (Lipinski definition) is 1. The van der Waals surface area contributed by atoms with Gasteiger partial charge in [0.25, 0.3) is 0 Å². The van der Waals surface area contributed by atoms with E-state index in [0.717, 1.165) is 12.2 Å². The molecule has 4 nitrogen and oxygen atoms in total. The van der Waals surface area contributed by atoms with Crippen molar-refractivity contribution in [2.45, 2.75) is 25.4 Å². The first-order valence-electron chi connectivity index (χ1n) is 4.46. The zero-order valence-corrected chi connectivity index (χ0v) is 7.62. The van der Waals surface area contributed by atoms with Crippen LogP contribution in [0.3, 0.4) is 0 Å². The first kappa shape index (κ1) is 8.27. The lowest BCUT2D eigenvalue weighted by molar-refractivity contribution is 0.651. The Balaban J connectivity index is 1.99. The highest BCUT2D eigenvalue weighted by molar-refractivity contribution is 5.22. The minimum Gasteiger partial charge on any atom is -0.308 e. The first-order chi connectivity index (χ1) is 6.29. The van der Waals surface area contributed by atoms with Crippen molar-refractivity contribution < 1.29 is 0 Å². The molecular formula is C9H12N4. The van der Waals surface area contributed by atoms with Gasteiger partial charge in [-0.15, -0.1) is 0 Å². The normalized spacial score (nSPS) is 15.7. The molecule has 1 heterocycles. The van der Waals surface area contributed by atoms with Crippen molar-refractivity contribution in [3.63, 3.8) is 0 Å². The van der Waals surface area contributed by atoms with E-state index in [4.69, 9.17) is 5.26 Å². The highest BCUT2D eigenvalue weighted by Crippen LogP contribution is 2.19. The van der Waals surface area contributed by atoms with E-state index < -0.39 is 0 Å². The van der Waals surface area contributed by atoms with Gasteiger partial charge in [0.05, 0.1) is 5.69 Å². The van der Waals surface area contributed by atoms with E-state index in [9.17, 15) is 0 Å². The highest BCUT2D eigenvalue weighted by Gasteiger charge is 2.20. The number of aryl methyl sites for hydroxylation is 1. The van der Waals surface area contributed by atoms with Gasteiger partial charge >= 0.3 is 0 Å². The molecule has 0 unspecified atom stereocenters. The molecule has 1 saturated carbocycles. The third-order valence-electron chi connectivity index (χ3n) is 2.19. The number of nitrogens with zero attached hydrogens (tertiary/aromatic N) is 3. The van der Waals surface area contributed by atoms with Crippen molar-refractivity contribution in [1.82, 2.24) is 15.1 Å². The van der Waals surface area contributed by atoms with Crippen molar-refractivity contribution in [3.05, 3.63) is 17.5 Å². The Labute approximate surface area is 77.2 Å². The number of rotatable bonds is 3. The van der Waals surface area contributed by atoms with Gasteiger partial charge in [-0.1, -0.05) is 0 Å². The summed E-state index contributed by atoms with van der Waals surface area (Å²) in [5, 5.41) is 16.3. The van der Waals surface area contributed by atoms with E-state index in [1.807, 2.05) is 6.07 Å². The van der Waals surface area contributed by atoms with E-state index in [1.165, 1.54) is 12.8 Å². The van der Waals surface area contributed by atoms with Gasteiger partial charge < -0.3 is 5.32 Å². The van der Waals surface area contributed by atoms with Crippen molar-refractivity contribution in [3.8, 4) is 6.07 Å². The van der Waals surface area contributed by atoms with Gasteiger partial charge in [-0.05, 0) is 18.9 Å². The summed E-state index contributed by atoms with van der Waals surface area (Å²) in [4.78, 5) is 0. The molecule has 0 bridgehead atoms. The quantitative estimate of drug-likeness (QED) is 0.731. The molecule has 0 aliphatic heterocycles. The molecule has 1 fully saturated rings. The molecule has 0 amide bonds. The second kappa shape index (κ2) is 3.19. The summed E-state index contributed by atoms with van der Waals surface area (Å²) in [6.07, 6.45) is 2.55. The Hall–Kier alpha value is -1.34. The van der Waals surface area contributed by atoms with Crippen LogP contribution < -0.4 is 5.32 Å². The average molecular weight is 176 g/mol. The molecule has 68 valence electrons. The number of hydrogen-bond acceptors (Lipinski definition) is 3. The van der Waals surface area contributed by atoms with Crippen LogP contribution in [-0.4, -0.2) is 15.8 Å². The minimum absolute atomic E-state index is 0.618. The highest BCUT2D eigenvalue weighted by atomic mass is 15.3. The Kier molecular flexibility index (Phi) is 2.03. The molecule has 2 rings (SSSR count). The van der Waals surface area contributed by atoms with Crippen molar-refractivity contribution in [2.75, 3.05) is 0 Å². The Bertz CT molecular complexity index is 343. The summed E-state index contributed by atoms with van der Waals surface area (Å²) >= 11 is 0. The molecule has 1 aromatic rings. The molecule has 1 aliphatic rings. The van der Waals surface area contributed by atoms with Crippen LogP contribution in [0.4, 0.5) is 0 Å². The fourth-order valence-electron chi connectivity index (χ4n) is 1.25. The largest absolute Gasteiger partial charge is 0.308 e. The fourth-order valence-corrected chi connectivity index (χ4v) is 1.25. The Morgan fingerprint density at radius 2 is 2.54 bits per heavy atom. The molecule has 0 saturated heterocycles. The average Bonchev–Trinajstić information content (AvgIpc) is 2.87. The number of nitriles is 1. The third kappa shape index (κ3) is 1.87. The van der Waals surface area contributed by atoms with Gasteiger partial charge in [-0.25, -0.2) is 0 Å². The molecule has 0 spiro atoms. The van der Waals surface area contributed by atoms with E-state index >= 15 is 0 Å². The van der Waals surface area contributed by atoms with Crippen LogP contribution in [0.25, 0.3) is 0 Å². The topological polar surface area (TPSA) is 53.6 Å². The second-order valence-corrected chi connectivity index (χ2v) is 3.41. The smallest absolute Gasteiger partial charge is 0.138 e. The Morgan fingerprint density at radius 1 is 1.77 bits per heavy atom. The summed E-state index contributed by atoms with van der Waals surface area (Å²) in [6.45, 7) is 0.778. The number of nitrogens with one attached hydrogen (secondary N) is 1. The SMILES string of the molecule is Cn1nc(CNC2CC2)cc1C#N. The lowest BCUT2D eigenvalue weighted by Gasteiger charge is -1.96. The molecule has 0 radical (unpaired) electrons. The summed E-state index contributed by atoms with van der Waals surface area (Å²) in [5.41, 5.74) is 1.57. The lowest BCUT2D eigenvalue weighted by Crippen LogP contribution is -2.15. The summed E-state index contributed by atoms with van der Waals surface area (Å²) in [5.74, 6) is 0. The first-order valence-corrected chi connectivity index (χ1v) is 4.46. The molecule has 1 aliphatic carbocycles. The summed E-state index contributed by atoms with van der Waals surface area (Å²) in [6, 6.07) is 4.61. The van der Waals surface area contributed by atoms with E-state index in [1.54, 1.807) is 11.7 Å².